The van der Waals surface area contributed by atoms with Crippen molar-refractivity contribution in [2.45, 2.75) is 65.5 Å². The number of carbonyl (C=O) groups excluding carboxylic acids is 2. The number of furan rings is 1. The standard InChI is InChI=1S/C25H29N2O3/c1-3-4-5-6-7-10-15-26-18(2)27(17-19-12-11-16-30-19)23-22(26)24(28)20-13-8-9-14-21(20)25(23)29/h8-9,11-14,16H,3-7,10,15,17H2,1-2H3/q+1. The van der Waals surface area contributed by atoms with Crippen molar-refractivity contribution in [3.05, 3.63) is 76.8 Å². The topological polar surface area (TPSA) is 56.1 Å². The largest absolute Gasteiger partial charge is 0.465 e. The van der Waals surface area contributed by atoms with E-state index >= 15 is 0 Å². The molecular weight excluding hydrogens is 376 g/mol. The van der Waals surface area contributed by atoms with Gasteiger partial charge in [-0.3, -0.25) is 9.59 Å². The number of imidazole rings is 1. The summed E-state index contributed by atoms with van der Waals surface area (Å²) < 4.78 is 9.53. The molecule has 0 N–H and O–H groups in total. The summed E-state index contributed by atoms with van der Waals surface area (Å²) in [6.07, 6.45) is 8.71. The SMILES string of the molecule is CCCCCCCCn1c2c([n+](Cc3ccco3)c1C)C(=O)c1ccccc1C2=O. The fraction of sp³-hybridized carbons (Fsp3) is 0.400. The third kappa shape index (κ3) is 3.64. The van der Waals surface area contributed by atoms with Gasteiger partial charge in [0.05, 0.1) is 12.8 Å². The number of fused-ring (bicyclic) bond motifs is 2. The third-order valence-corrected chi connectivity index (χ3v) is 6.02. The fourth-order valence-electron chi connectivity index (χ4n) is 4.40. The first-order valence-electron chi connectivity index (χ1n) is 11.0. The van der Waals surface area contributed by atoms with Gasteiger partial charge >= 0.3 is 0 Å². The molecule has 5 nitrogen and oxygen atoms in total. The normalized spacial score (nSPS) is 12.9. The van der Waals surface area contributed by atoms with E-state index < -0.39 is 0 Å². The number of benzene rings is 1. The van der Waals surface area contributed by atoms with Crippen molar-refractivity contribution in [2.75, 3.05) is 0 Å². The van der Waals surface area contributed by atoms with Crippen LogP contribution in [0.25, 0.3) is 0 Å². The molecule has 0 spiro atoms. The van der Waals surface area contributed by atoms with Crippen LogP contribution in [0, 0.1) is 6.92 Å². The molecule has 3 aromatic rings. The number of unbranched alkanes of at least 4 members (excludes halogenated alkanes) is 5. The molecule has 4 rings (SSSR count). The number of rotatable bonds is 9. The van der Waals surface area contributed by atoms with E-state index in [2.05, 4.69) is 6.92 Å². The third-order valence-electron chi connectivity index (χ3n) is 6.02. The number of aromatic nitrogens is 2. The summed E-state index contributed by atoms with van der Waals surface area (Å²) in [7, 11) is 0. The Morgan fingerprint density at radius 3 is 2.30 bits per heavy atom. The molecule has 0 fully saturated rings. The maximum atomic E-state index is 13.4. The number of carbonyl (C=O) groups is 2. The minimum absolute atomic E-state index is 0.0625. The summed E-state index contributed by atoms with van der Waals surface area (Å²) in [5, 5.41) is 0. The monoisotopic (exact) mass is 405 g/mol. The Balaban J connectivity index is 1.71. The van der Waals surface area contributed by atoms with Gasteiger partial charge in [-0.05, 0) is 25.0 Å². The highest BCUT2D eigenvalue weighted by Gasteiger charge is 2.42. The number of nitrogens with zero attached hydrogens (tertiary/aromatic N) is 2. The van der Waals surface area contributed by atoms with Gasteiger partial charge < -0.3 is 4.42 Å². The summed E-state index contributed by atoms with van der Waals surface area (Å²) in [6.45, 7) is 5.38. The Hall–Kier alpha value is -2.95. The van der Waals surface area contributed by atoms with Crippen LogP contribution in [0.5, 0.6) is 0 Å². The first-order valence-corrected chi connectivity index (χ1v) is 11.0. The van der Waals surface area contributed by atoms with Gasteiger partial charge in [-0.1, -0.05) is 56.9 Å². The van der Waals surface area contributed by atoms with Gasteiger partial charge in [0.15, 0.2) is 0 Å². The van der Waals surface area contributed by atoms with Crippen molar-refractivity contribution < 1.29 is 18.6 Å². The van der Waals surface area contributed by atoms with Crippen molar-refractivity contribution in [1.29, 1.82) is 0 Å². The Labute approximate surface area is 177 Å². The second-order valence-corrected chi connectivity index (χ2v) is 8.03. The lowest BCUT2D eigenvalue weighted by Crippen LogP contribution is -2.43. The van der Waals surface area contributed by atoms with E-state index in [1.807, 2.05) is 40.3 Å². The van der Waals surface area contributed by atoms with E-state index in [9.17, 15) is 9.59 Å². The Bertz CT molecular complexity index is 1060. The summed E-state index contributed by atoms with van der Waals surface area (Å²) in [4.78, 5) is 26.8. The fourth-order valence-corrected chi connectivity index (χ4v) is 4.40. The lowest BCUT2D eigenvalue weighted by atomic mass is 9.90. The van der Waals surface area contributed by atoms with Crippen molar-refractivity contribution in [1.82, 2.24) is 4.57 Å². The lowest BCUT2D eigenvalue weighted by Gasteiger charge is -2.12. The average Bonchev–Trinajstić information content (AvgIpc) is 3.36. The predicted octanol–water partition coefficient (Wildman–Crippen LogP) is 4.86. The Morgan fingerprint density at radius 1 is 0.900 bits per heavy atom. The molecule has 0 unspecified atom stereocenters. The number of ketones is 2. The van der Waals surface area contributed by atoms with E-state index in [1.54, 1.807) is 18.4 Å². The molecule has 0 aliphatic heterocycles. The van der Waals surface area contributed by atoms with Gasteiger partial charge in [0, 0.05) is 18.1 Å². The highest BCUT2D eigenvalue weighted by molar-refractivity contribution is 6.26. The lowest BCUT2D eigenvalue weighted by molar-refractivity contribution is -0.697. The Kier molecular flexibility index (Phi) is 5.98. The molecule has 156 valence electrons. The molecule has 1 aliphatic rings. The van der Waals surface area contributed by atoms with Crippen molar-refractivity contribution in [3.8, 4) is 0 Å². The summed E-state index contributed by atoms with van der Waals surface area (Å²) >= 11 is 0. The smallest absolute Gasteiger partial charge is 0.254 e. The van der Waals surface area contributed by atoms with Gasteiger partial charge in [-0.2, -0.15) is 0 Å². The van der Waals surface area contributed by atoms with Crippen LogP contribution in [0.15, 0.2) is 47.1 Å². The maximum Gasteiger partial charge on any atom is 0.254 e. The first-order chi connectivity index (χ1) is 14.6. The maximum absolute atomic E-state index is 13.4. The molecular formula is C25H29N2O3+. The second-order valence-electron chi connectivity index (χ2n) is 8.03. The summed E-state index contributed by atoms with van der Waals surface area (Å²) in [5.41, 5.74) is 2.00. The highest BCUT2D eigenvalue weighted by Crippen LogP contribution is 2.27. The van der Waals surface area contributed by atoms with Crippen molar-refractivity contribution in [2.24, 2.45) is 0 Å². The van der Waals surface area contributed by atoms with Crippen LogP contribution in [0.1, 0.15) is 89.1 Å². The van der Waals surface area contributed by atoms with Gasteiger partial charge in [-0.15, -0.1) is 0 Å². The van der Waals surface area contributed by atoms with Crippen molar-refractivity contribution in [3.63, 3.8) is 0 Å². The molecule has 0 atom stereocenters. The van der Waals surface area contributed by atoms with Gasteiger partial charge in [0.25, 0.3) is 5.82 Å². The van der Waals surface area contributed by atoms with Crippen LogP contribution >= 0.6 is 0 Å². The second kappa shape index (κ2) is 8.82. The van der Waals surface area contributed by atoms with Crippen LogP contribution < -0.4 is 4.57 Å². The van der Waals surface area contributed by atoms with Gasteiger partial charge in [-0.25, -0.2) is 9.13 Å². The van der Waals surface area contributed by atoms with E-state index in [0.29, 0.717) is 29.1 Å². The molecule has 0 saturated carbocycles. The van der Waals surface area contributed by atoms with Crippen molar-refractivity contribution >= 4 is 11.6 Å². The van der Waals surface area contributed by atoms with Crippen LogP contribution in [-0.2, 0) is 13.1 Å². The zero-order valence-corrected chi connectivity index (χ0v) is 17.8. The molecule has 0 saturated heterocycles. The predicted molar refractivity (Wildman–Crippen MR) is 114 cm³/mol. The van der Waals surface area contributed by atoms with Crippen LogP contribution in [0.3, 0.4) is 0 Å². The minimum Gasteiger partial charge on any atom is -0.465 e. The average molecular weight is 406 g/mol. The molecule has 2 aromatic heterocycles. The molecule has 0 bridgehead atoms. The quantitative estimate of drug-likeness (QED) is 0.295. The summed E-state index contributed by atoms with van der Waals surface area (Å²) in [5.74, 6) is 1.53. The number of hydrogen-bond donors (Lipinski definition) is 0. The molecule has 30 heavy (non-hydrogen) atoms. The van der Waals surface area contributed by atoms with E-state index in [0.717, 1.165) is 31.0 Å². The minimum atomic E-state index is -0.0865. The molecule has 5 heteroatoms. The highest BCUT2D eigenvalue weighted by atomic mass is 16.3. The van der Waals surface area contributed by atoms with Crippen LogP contribution in [-0.4, -0.2) is 16.1 Å². The zero-order chi connectivity index (χ0) is 21.1. The zero-order valence-electron chi connectivity index (χ0n) is 17.8. The Morgan fingerprint density at radius 2 is 1.60 bits per heavy atom. The van der Waals surface area contributed by atoms with Crippen LogP contribution in [0.4, 0.5) is 0 Å². The molecule has 2 heterocycles. The molecule has 0 amide bonds. The molecule has 0 radical (unpaired) electrons. The van der Waals surface area contributed by atoms with E-state index in [4.69, 9.17) is 4.42 Å². The van der Waals surface area contributed by atoms with E-state index in [-0.39, 0.29) is 11.6 Å². The van der Waals surface area contributed by atoms with Gasteiger partial charge in [0.1, 0.15) is 12.3 Å². The van der Waals surface area contributed by atoms with Gasteiger partial charge in [0.2, 0.25) is 23.0 Å². The molecule has 1 aromatic carbocycles. The first kappa shape index (κ1) is 20.3. The number of hydrogen-bond acceptors (Lipinski definition) is 3. The van der Waals surface area contributed by atoms with Crippen LogP contribution in [0.2, 0.25) is 0 Å². The van der Waals surface area contributed by atoms with E-state index in [1.165, 1.54) is 25.7 Å². The molecule has 1 aliphatic carbocycles. The summed E-state index contributed by atoms with van der Waals surface area (Å²) in [6, 6.07) is 10.9.